The van der Waals surface area contributed by atoms with Crippen molar-refractivity contribution >= 4 is 39.9 Å². The van der Waals surface area contributed by atoms with Crippen LogP contribution in [0, 0.1) is 0 Å². The summed E-state index contributed by atoms with van der Waals surface area (Å²) in [7, 11) is 0. The summed E-state index contributed by atoms with van der Waals surface area (Å²) in [6.45, 7) is 3.48. The molecule has 0 unspecified atom stereocenters. The van der Waals surface area contributed by atoms with Gasteiger partial charge in [-0.3, -0.25) is 10.2 Å². The van der Waals surface area contributed by atoms with Crippen LogP contribution in [0.2, 0.25) is 5.02 Å². The molecule has 1 rings (SSSR count). The summed E-state index contributed by atoms with van der Waals surface area (Å²) in [5.41, 5.74) is 3.63. The van der Waals surface area contributed by atoms with Gasteiger partial charge in [-0.1, -0.05) is 18.5 Å². The molecule has 0 saturated heterocycles. The minimum Gasteiger partial charge on any atom is -0.292 e. The second-order valence-electron chi connectivity index (χ2n) is 3.02. The van der Waals surface area contributed by atoms with Gasteiger partial charge in [0.05, 0.1) is 5.69 Å². The van der Waals surface area contributed by atoms with Crippen molar-refractivity contribution in [3.63, 3.8) is 0 Å². The molecule has 0 aliphatic heterocycles. The maximum absolute atomic E-state index is 11.2. The molecule has 0 fully saturated rings. The van der Waals surface area contributed by atoms with Crippen LogP contribution in [0.5, 0.6) is 0 Å². The highest BCUT2D eigenvalue weighted by Gasteiger charge is 2.04. The summed E-state index contributed by atoms with van der Waals surface area (Å²) in [4.78, 5) is 11.2. The highest BCUT2D eigenvalue weighted by molar-refractivity contribution is 8.15. The molecule has 16 heavy (non-hydrogen) atoms. The molecule has 1 aromatic carbocycles. The van der Waals surface area contributed by atoms with E-state index < -0.39 is 0 Å². The first-order valence-electron chi connectivity index (χ1n) is 4.86. The first-order chi connectivity index (χ1) is 7.63. The van der Waals surface area contributed by atoms with Crippen LogP contribution in [0.15, 0.2) is 29.4 Å². The summed E-state index contributed by atoms with van der Waals surface area (Å²) in [5.74, 6) is 0.786. The number of Topliss-reactive ketones (excluding diaryl/α,β-unsaturated/α-hetero) is 1. The summed E-state index contributed by atoms with van der Waals surface area (Å²) in [6, 6.07) is 7.14. The average Bonchev–Trinajstić information content (AvgIpc) is 2.26. The molecule has 0 bridgehead atoms. The number of benzene rings is 1. The summed E-state index contributed by atoms with van der Waals surface area (Å²) >= 11 is 7.17. The zero-order valence-electron chi connectivity index (χ0n) is 9.16. The Balaban J connectivity index is 2.69. The number of nitrogens with one attached hydrogen (secondary N) is 1. The largest absolute Gasteiger partial charge is 0.292 e. The standard InChI is InChI=1S/C11H13ClN2OS/c1-3-16-11(8(2)15)14-13-10-6-4-9(12)5-7-10/h4-7,13H,3H2,1-2H3/b14-11-. The van der Waals surface area contributed by atoms with E-state index in [4.69, 9.17) is 11.6 Å². The Morgan fingerprint density at radius 3 is 2.56 bits per heavy atom. The van der Waals surface area contributed by atoms with Crippen molar-refractivity contribution in [2.75, 3.05) is 11.2 Å². The van der Waals surface area contributed by atoms with Gasteiger partial charge in [0.25, 0.3) is 0 Å². The third kappa shape index (κ3) is 4.24. The molecule has 0 saturated carbocycles. The van der Waals surface area contributed by atoms with Gasteiger partial charge in [0.1, 0.15) is 0 Å². The molecule has 0 radical (unpaired) electrons. The second-order valence-corrected chi connectivity index (χ2v) is 4.71. The van der Waals surface area contributed by atoms with Gasteiger partial charge < -0.3 is 0 Å². The molecule has 0 aromatic heterocycles. The summed E-state index contributed by atoms with van der Waals surface area (Å²) in [5, 5.41) is 5.20. The first kappa shape index (κ1) is 13.1. The molecular formula is C11H13ClN2OS. The number of anilines is 1. The van der Waals surface area contributed by atoms with Crippen LogP contribution in [-0.2, 0) is 4.79 Å². The quantitative estimate of drug-likeness (QED) is 0.510. The van der Waals surface area contributed by atoms with E-state index in [1.54, 1.807) is 24.3 Å². The number of hydrogen-bond donors (Lipinski definition) is 1. The monoisotopic (exact) mass is 256 g/mol. The lowest BCUT2D eigenvalue weighted by Gasteiger charge is -2.03. The molecule has 0 atom stereocenters. The van der Waals surface area contributed by atoms with Crippen molar-refractivity contribution in [2.24, 2.45) is 5.10 Å². The van der Waals surface area contributed by atoms with Crippen LogP contribution in [0.3, 0.4) is 0 Å². The molecule has 3 nitrogen and oxygen atoms in total. The topological polar surface area (TPSA) is 41.5 Å². The van der Waals surface area contributed by atoms with Gasteiger partial charge in [-0.15, -0.1) is 11.8 Å². The van der Waals surface area contributed by atoms with Gasteiger partial charge in [-0.25, -0.2) is 0 Å². The fourth-order valence-electron chi connectivity index (χ4n) is 0.989. The van der Waals surface area contributed by atoms with Gasteiger partial charge in [0, 0.05) is 11.9 Å². The lowest BCUT2D eigenvalue weighted by molar-refractivity contribution is -0.110. The zero-order valence-corrected chi connectivity index (χ0v) is 10.7. The van der Waals surface area contributed by atoms with Gasteiger partial charge in [-0.05, 0) is 30.0 Å². The SMILES string of the molecule is CCS/C(=N\Nc1ccc(Cl)cc1)C(C)=O. The summed E-state index contributed by atoms with van der Waals surface area (Å²) in [6.07, 6.45) is 0. The normalized spacial score (nSPS) is 11.3. The Labute approximate surface area is 104 Å². The highest BCUT2D eigenvalue weighted by Crippen LogP contribution is 2.14. The van der Waals surface area contributed by atoms with E-state index in [1.165, 1.54) is 18.7 Å². The van der Waals surface area contributed by atoms with Crippen molar-refractivity contribution in [3.05, 3.63) is 29.3 Å². The number of hydrazone groups is 1. The van der Waals surface area contributed by atoms with Crippen LogP contribution in [0.4, 0.5) is 5.69 Å². The first-order valence-corrected chi connectivity index (χ1v) is 6.23. The second kappa shape index (κ2) is 6.55. The van der Waals surface area contributed by atoms with Crippen molar-refractivity contribution in [3.8, 4) is 0 Å². The number of halogens is 1. The minimum absolute atomic E-state index is 0.0340. The van der Waals surface area contributed by atoms with E-state index in [0.29, 0.717) is 10.1 Å². The van der Waals surface area contributed by atoms with Crippen LogP contribution in [0.25, 0.3) is 0 Å². The van der Waals surface area contributed by atoms with Crippen LogP contribution < -0.4 is 5.43 Å². The van der Waals surface area contributed by atoms with Crippen molar-refractivity contribution in [2.45, 2.75) is 13.8 Å². The Hall–Kier alpha value is -1.00. The van der Waals surface area contributed by atoms with Crippen LogP contribution in [-0.4, -0.2) is 16.6 Å². The number of ketones is 1. The van der Waals surface area contributed by atoms with E-state index in [1.807, 2.05) is 6.92 Å². The third-order valence-electron chi connectivity index (χ3n) is 1.71. The fourth-order valence-corrected chi connectivity index (χ4v) is 1.70. The number of nitrogens with zero attached hydrogens (tertiary/aromatic N) is 1. The van der Waals surface area contributed by atoms with E-state index in [-0.39, 0.29) is 5.78 Å². The van der Waals surface area contributed by atoms with Gasteiger partial charge >= 0.3 is 0 Å². The average molecular weight is 257 g/mol. The Kier molecular flexibility index (Phi) is 5.35. The van der Waals surface area contributed by atoms with Crippen molar-refractivity contribution in [1.82, 2.24) is 0 Å². The number of rotatable bonds is 4. The maximum Gasteiger partial charge on any atom is 0.186 e. The maximum atomic E-state index is 11.2. The predicted molar refractivity (Wildman–Crippen MR) is 71.3 cm³/mol. The molecule has 1 N–H and O–H groups in total. The van der Waals surface area contributed by atoms with Crippen molar-refractivity contribution < 1.29 is 4.79 Å². The van der Waals surface area contributed by atoms with Gasteiger partial charge in [-0.2, -0.15) is 5.10 Å². The van der Waals surface area contributed by atoms with E-state index in [2.05, 4.69) is 10.5 Å². The molecule has 0 spiro atoms. The smallest absolute Gasteiger partial charge is 0.186 e. The van der Waals surface area contributed by atoms with Gasteiger partial charge in [0.2, 0.25) is 0 Å². The number of thioether (sulfide) groups is 1. The third-order valence-corrected chi connectivity index (χ3v) is 2.91. The molecule has 5 heteroatoms. The van der Waals surface area contributed by atoms with E-state index in [0.717, 1.165) is 11.4 Å². The fraction of sp³-hybridized carbons (Fsp3) is 0.273. The molecule has 86 valence electrons. The number of hydrogen-bond acceptors (Lipinski definition) is 4. The predicted octanol–water partition coefficient (Wildman–Crippen LogP) is 3.41. The van der Waals surface area contributed by atoms with Gasteiger partial charge in [0.15, 0.2) is 10.8 Å². The molecule has 0 aliphatic rings. The van der Waals surface area contributed by atoms with Crippen LogP contribution >= 0.6 is 23.4 Å². The lowest BCUT2D eigenvalue weighted by Crippen LogP contribution is -2.08. The molecule has 1 aromatic rings. The Morgan fingerprint density at radius 1 is 1.44 bits per heavy atom. The highest BCUT2D eigenvalue weighted by atomic mass is 35.5. The molecular weight excluding hydrogens is 244 g/mol. The van der Waals surface area contributed by atoms with E-state index >= 15 is 0 Å². The molecule has 0 heterocycles. The number of carbonyl (C=O) groups is 1. The molecule has 0 amide bonds. The molecule has 0 aliphatic carbocycles. The van der Waals surface area contributed by atoms with E-state index in [9.17, 15) is 4.79 Å². The Bertz CT molecular complexity index is 389. The summed E-state index contributed by atoms with van der Waals surface area (Å²) < 4.78 is 0. The zero-order chi connectivity index (χ0) is 12.0. The Morgan fingerprint density at radius 2 is 2.06 bits per heavy atom. The van der Waals surface area contributed by atoms with Crippen LogP contribution in [0.1, 0.15) is 13.8 Å². The number of carbonyl (C=O) groups excluding carboxylic acids is 1. The lowest BCUT2D eigenvalue weighted by atomic mass is 10.3. The van der Waals surface area contributed by atoms with Crippen molar-refractivity contribution in [1.29, 1.82) is 0 Å². The minimum atomic E-state index is -0.0340.